The zero-order valence-corrected chi connectivity index (χ0v) is 28.5. The van der Waals surface area contributed by atoms with Gasteiger partial charge in [-0.15, -0.1) is 0 Å². The quantitative estimate of drug-likeness (QED) is 0.107. The summed E-state index contributed by atoms with van der Waals surface area (Å²) in [5.74, 6) is -0.836. The molecule has 2 heterocycles. The van der Waals surface area contributed by atoms with E-state index >= 15 is 0 Å². The molecule has 1 aromatic heterocycles. The minimum atomic E-state index is -0.698. The first-order chi connectivity index (χ1) is 25.6. The van der Waals surface area contributed by atoms with Crippen LogP contribution in [0.15, 0.2) is 120 Å². The van der Waals surface area contributed by atoms with Crippen LogP contribution in [0.2, 0.25) is 0 Å². The number of non-ortho nitro benzene ring substituents is 1. The molecule has 0 aliphatic carbocycles. The molecule has 0 saturated carbocycles. The van der Waals surface area contributed by atoms with Crippen molar-refractivity contribution in [1.82, 2.24) is 14.8 Å². The number of nitro groups is 2. The first kappa shape index (κ1) is 34.5. The van der Waals surface area contributed by atoms with Crippen LogP contribution in [0.1, 0.15) is 43.4 Å². The van der Waals surface area contributed by atoms with E-state index in [2.05, 4.69) is 44.8 Å². The number of carbonyl (C=O) groups is 2. The monoisotopic (exact) mass is 711 g/mol. The molecular formula is C39H33N7O7. The molecule has 7 rings (SSSR count). The van der Waals surface area contributed by atoms with E-state index in [1.807, 2.05) is 41.3 Å². The minimum absolute atomic E-state index is 0.0262. The molecule has 0 bridgehead atoms. The fraction of sp³-hybridized carbons (Fsp3) is 0.154. The van der Waals surface area contributed by atoms with Gasteiger partial charge in [-0.2, -0.15) is 4.98 Å². The Hall–Kier alpha value is -6.93. The molecule has 0 unspecified atom stereocenters. The lowest BCUT2D eigenvalue weighted by Crippen LogP contribution is -2.49. The molecule has 1 aliphatic heterocycles. The number of benzene rings is 5. The smallest absolute Gasteiger partial charge is 0.302 e. The number of nitrogens with zero attached hydrogens (tertiary/aromatic N) is 5. The number of amides is 2. The van der Waals surface area contributed by atoms with E-state index in [-0.39, 0.29) is 40.6 Å². The van der Waals surface area contributed by atoms with Crippen LogP contribution in [0.5, 0.6) is 0 Å². The molecule has 1 saturated heterocycles. The summed E-state index contributed by atoms with van der Waals surface area (Å²) in [5.41, 5.74) is 4.05. The number of piperazine rings is 1. The van der Waals surface area contributed by atoms with Crippen LogP contribution >= 0.6 is 0 Å². The van der Waals surface area contributed by atoms with Crippen molar-refractivity contribution in [2.75, 3.05) is 36.8 Å². The maximum atomic E-state index is 13.6. The number of fused-ring (bicyclic) bond motifs is 1. The molecule has 0 atom stereocenters. The summed E-state index contributed by atoms with van der Waals surface area (Å²) in [6.07, 6.45) is 0. The third-order valence-electron chi connectivity index (χ3n) is 9.20. The van der Waals surface area contributed by atoms with Crippen LogP contribution in [0, 0.1) is 27.2 Å². The first-order valence-electron chi connectivity index (χ1n) is 16.8. The second-order valence-corrected chi connectivity index (χ2v) is 12.6. The zero-order valence-electron chi connectivity index (χ0n) is 28.5. The molecule has 2 amide bonds. The lowest BCUT2D eigenvalue weighted by atomic mass is 9.96. The Morgan fingerprint density at radius 3 is 2.02 bits per heavy atom. The molecule has 0 spiro atoms. The molecule has 1 fully saturated rings. The van der Waals surface area contributed by atoms with Crippen molar-refractivity contribution >= 4 is 51.7 Å². The largest absolute Gasteiger partial charge is 0.423 e. The second kappa shape index (κ2) is 14.7. The highest BCUT2D eigenvalue weighted by Gasteiger charge is 2.29. The summed E-state index contributed by atoms with van der Waals surface area (Å²) in [5, 5.41) is 28.5. The summed E-state index contributed by atoms with van der Waals surface area (Å²) in [7, 11) is 0. The number of oxazole rings is 1. The fourth-order valence-corrected chi connectivity index (χ4v) is 6.51. The third kappa shape index (κ3) is 7.43. The Kier molecular flexibility index (Phi) is 9.60. The number of aryl methyl sites for hydroxylation is 1. The molecule has 14 nitrogen and oxygen atoms in total. The number of rotatable bonds is 10. The zero-order chi connectivity index (χ0) is 37.1. The van der Waals surface area contributed by atoms with Gasteiger partial charge >= 0.3 is 6.01 Å². The molecule has 14 heteroatoms. The van der Waals surface area contributed by atoms with Gasteiger partial charge in [0.15, 0.2) is 5.58 Å². The van der Waals surface area contributed by atoms with Crippen molar-refractivity contribution in [3.8, 4) is 0 Å². The van der Waals surface area contributed by atoms with Crippen molar-refractivity contribution in [3.63, 3.8) is 0 Å². The standard InChI is InChI=1S/C39H33N7O7/c1-25-22-30(45(49)50)14-16-31(25)40-32-15-12-28(24-34(32)46(51)52)37(47)42-39-41-33-23-29(13-17-35(33)53-39)38(48)44-20-18-43(19-21-44)36(26-8-4-2-5-9-26)27-10-6-3-7-11-27/h2-17,22-24,36,40H,18-21H2,1H3,(H,41,42,47). The van der Waals surface area contributed by atoms with Gasteiger partial charge in [0.05, 0.1) is 15.9 Å². The topological polar surface area (TPSA) is 177 Å². The summed E-state index contributed by atoms with van der Waals surface area (Å²) in [6.45, 7) is 4.10. The summed E-state index contributed by atoms with van der Waals surface area (Å²) >= 11 is 0. The van der Waals surface area contributed by atoms with E-state index in [4.69, 9.17) is 4.42 Å². The van der Waals surface area contributed by atoms with Crippen LogP contribution in [-0.2, 0) is 0 Å². The van der Waals surface area contributed by atoms with E-state index in [1.165, 1.54) is 41.5 Å². The Morgan fingerprint density at radius 2 is 1.40 bits per heavy atom. The third-order valence-corrected chi connectivity index (χ3v) is 9.20. The SMILES string of the molecule is Cc1cc([N+](=O)[O-])ccc1Nc1ccc(C(=O)Nc2nc3cc(C(=O)N4CCN(C(c5ccccc5)c5ccccc5)CC4)ccc3o2)cc1[N+](=O)[O-]. The Morgan fingerprint density at radius 1 is 0.755 bits per heavy atom. The highest BCUT2D eigenvalue weighted by atomic mass is 16.6. The molecule has 1 aliphatic rings. The van der Waals surface area contributed by atoms with Gasteiger partial charge in [-0.05, 0) is 60.0 Å². The van der Waals surface area contributed by atoms with Crippen LogP contribution in [-0.4, -0.2) is 62.6 Å². The van der Waals surface area contributed by atoms with E-state index in [0.29, 0.717) is 54.1 Å². The number of anilines is 3. The number of nitro benzene ring substituents is 2. The number of aromatic nitrogens is 1. The highest BCUT2D eigenvalue weighted by molar-refractivity contribution is 6.05. The molecular weight excluding hydrogens is 678 g/mol. The minimum Gasteiger partial charge on any atom is -0.423 e. The van der Waals surface area contributed by atoms with Crippen molar-refractivity contribution in [2.45, 2.75) is 13.0 Å². The van der Waals surface area contributed by atoms with E-state index < -0.39 is 15.8 Å². The number of hydrogen-bond acceptors (Lipinski definition) is 10. The van der Waals surface area contributed by atoms with Gasteiger partial charge in [-0.1, -0.05) is 60.7 Å². The van der Waals surface area contributed by atoms with E-state index in [9.17, 15) is 29.8 Å². The van der Waals surface area contributed by atoms with Gasteiger partial charge in [0.25, 0.3) is 23.2 Å². The van der Waals surface area contributed by atoms with E-state index in [1.54, 1.807) is 25.1 Å². The van der Waals surface area contributed by atoms with Gasteiger partial charge < -0.3 is 14.6 Å². The van der Waals surface area contributed by atoms with Gasteiger partial charge in [-0.3, -0.25) is 40.0 Å². The molecule has 2 N–H and O–H groups in total. The van der Waals surface area contributed by atoms with Crippen LogP contribution < -0.4 is 10.6 Å². The number of carbonyl (C=O) groups excluding carboxylic acids is 2. The first-order valence-corrected chi connectivity index (χ1v) is 16.8. The lowest BCUT2D eigenvalue weighted by Gasteiger charge is -2.39. The summed E-state index contributed by atoms with van der Waals surface area (Å²) in [4.78, 5) is 57.2. The Balaban J connectivity index is 1.02. The van der Waals surface area contributed by atoms with Crippen molar-refractivity contribution in [2.24, 2.45) is 0 Å². The Bertz CT molecular complexity index is 2300. The predicted molar refractivity (Wildman–Crippen MR) is 198 cm³/mol. The van der Waals surface area contributed by atoms with Gasteiger partial charge in [0.2, 0.25) is 0 Å². The van der Waals surface area contributed by atoms with Crippen molar-refractivity contribution in [1.29, 1.82) is 0 Å². The predicted octanol–water partition coefficient (Wildman–Crippen LogP) is 7.50. The number of hydrogen-bond donors (Lipinski definition) is 2. The molecule has 5 aromatic carbocycles. The van der Waals surface area contributed by atoms with Crippen molar-refractivity contribution < 1.29 is 23.9 Å². The lowest BCUT2D eigenvalue weighted by molar-refractivity contribution is -0.384. The maximum absolute atomic E-state index is 13.6. The second-order valence-electron chi connectivity index (χ2n) is 12.6. The fourth-order valence-electron chi connectivity index (χ4n) is 6.51. The van der Waals surface area contributed by atoms with Crippen molar-refractivity contribution in [3.05, 3.63) is 163 Å². The van der Waals surface area contributed by atoms with Gasteiger partial charge in [0, 0.05) is 61.2 Å². The van der Waals surface area contributed by atoms with E-state index in [0.717, 1.165) is 6.07 Å². The Labute approximate surface area is 303 Å². The van der Waals surface area contributed by atoms with Gasteiger partial charge in [-0.25, -0.2) is 0 Å². The number of nitrogens with one attached hydrogen (secondary N) is 2. The maximum Gasteiger partial charge on any atom is 0.302 e. The van der Waals surface area contributed by atoms with Crippen LogP contribution in [0.3, 0.4) is 0 Å². The highest BCUT2D eigenvalue weighted by Crippen LogP contribution is 2.33. The summed E-state index contributed by atoms with van der Waals surface area (Å²) in [6, 6.07) is 33.5. The molecule has 6 aromatic rings. The average Bonchev–Trinajstić information content (AvgIpc) is 3.58. The summed E-state index contributed by atoms with van der Waals surface area (Å²) < 4.78 is 5.72. The average molecular weight is 712 g/mol. The molecule has 53 heavy (non-hydrogen) atoms. The normalized spacial score (nSPS) is 13.2. The molecule has 0 radical (unpaired) electrons. The van der Waals surface area contributed by atoms with Crippen LogP contribution in [0.25, 0.3) is 11.1 Å². The van der Waals surface area contributed by atoms with Crippen LogP contribution in [0.4, 0.5) is 28.8 Å². The van der Waals surface area contributed by atoms with Gasteiger partial charge in [0.1, 0.15) is 11.2 Å². The molecule has 266 valence electrons.